The highest BCUT2D eigenvalue weighted by Crippen LogP contribution is 2.23. The molecule has 0 unspecified atom stereocenters. The number of benzene rings is 1. The number of ether oxygens (including phenoxy) is 1. The van der Waals surface area contributed by atoms with E-state index < -0.39 is 5.97 Å². The van der Waals surface area contributed by atoms with Gasteiger partial charge in [0.25, 0.3) is 0 Å². The maximum atomic E-state index is 10.7. The average Bonchev–Trinajstić information content (AvgIpc) is 2.77. The van der Waals surface area contributed by atoms with Crippen LogP contribution in [0.3, 0.4) is 0 Å². The van der Waals surface area contributed by atoms with Crippen LogP contribution in [0.25, 0.3) is 0 Å². The molecular formula is C14H14O4. The number of hydrogen-bond acceptors (Lipinski definition) is 3. The number of aromatic carboxylic acids is 1. The van der Waals surface area contributed by atoms with Crippen molar-refractivity contribution in [3.63, 3.8) is 0 Å². The van der Waals surface area contributed by atoms with Gasteiger partial charge in [0.1, 0.15) is 24.4 Å². The van der Waals surface area contributed by atoms with Crippen LogP contribution in [-0.2, 0) is 6.61 Å². The second kappa shape index (κ2) is 4.96. The van der Waals surface area contributed by atoms with Crippen LogP contribution in [-0.4, -0.2) is 11.1 Å². The van der Waals surface area contributed by atoms with Gasteiger partial charge in [0.05, 0.1) is 5.56 Å². The highest BCUT2D eigenvalue weighted by Gasteiger charge is 2.10. The Morgan fingerprint density at radius 1 is 1.33 bits per heavy atom. The first-order valence-electron chi connectivity index (χ1n) is 5.57. The second-order valence-corrected chi connectivity index (χ2v) is 4.12. The smallest absolute Gasteiger partial charge is 0.338 e. The number of carbonyl (C=O) groups is 1. The van der Waals surface area contributed by atoms with Crippen molar-refractivity contribution in [1.82, 2.24) is 0 Å². The standard InChI is InChI=1S/C14H14O4/c1-9-4-3-5-10(2)13(9)18-8-12-6-11(7-17-12)14(15)16/h3-7H,8H2,1-2H3,(H,15,16). The molecule has 0 fully saturated rings. The van der Waals surface area contributed by atoms with Gasteiger partial charge in [0, 0.05) is 0 Å². The van der Waals surface area contributed by atoms with Gasteiger partial charge in [0.15, 0.2) is 0 Å². The minimum atomic E-state index is -1.00. The Morgan fingerprint density at radius 2 is 2.00 bits per heavy atom. The molecule has 18 heavy (non-hydrogen) atoms. The van der Waals surface area contributed by atoms with Gasteiger partial charge in [-0.3, -0.25) is 0 Å². The van der Waals surface area contributed by atoms with Crippen LogP contribution >= 0.6 is 0 Å². The highest BCUT2D eigenvalue weighted by atomic mass is 16.5. The topological polar surface area (TPSA) is 59.7 Å². The maximum Gasteiger partial charge on any atom is 0.338 e. The molecule has 0 saturated heterocycles. The average molecular weight is 246 g/mol. The van der Waals surface area contributed by atoms with Gasteiger partial charge in [-0.2, -0.15) is 0 Å². The molecule has 1 N–H and O–H groups in total. The fourth-order valence-corrected chi connectivity index (χ4v) is 1.74. The van der Waals surface area contributed by atoms with E-state index in [0.717, 1.165) is 16.9 Å². The van der Waals surface area contributed by atoms with Crippen LogP contribution < -0.4 is 4.74 Å². The number of para-hydroxylation sites is 1. The van der Waals surface area contributed by atoms with E-state index in [2.05, 4.69) is 0 Å². The van der Waals surface area contributed by atoms with E-state index in [1.807, 2.05) is 32.0 Å². The van der Waals surface area contributed by atoms with Gasteiger partial charge in [-0.1, -0.05) is 18.2 Å². The third-order valence-corrected chi connectivity index (χ3v) is 2.67. The number of carboxylic acid groups (broad SMARTS) is 1. The van der Waals surface area contributed by atoms with Gasteiger partial charge in [0.2, 0.25) is 0 Å². The Kier molecular flexibility index (Phi) is 3.37. The highest BCUT2D eigenvalue weighted by molar-refractivity contribution is 5.87. The normalized spacial score (nSPS) is 10.3. The summed E-state index contributed by atoms with van der Waals surface area (Å²) in [7, 11) is 0. The second-order valence-electron chi connectivity index (χ2n) is 4.12. The van der Waals surface area contributed by atoms with Crippen molar-refractivity contribution in [1.29, 1.82) is 0 Å². The summed E-state index contributed by atoms with van der Waals surface area (Å²) in [6.45, 7) is 4.15. The zero-order valence-corrected chi connectivity index (χ0v) is 10.3. The molecule has 0 amide bonds. The number of rotatable bonds is 4. The predicted octanol–water partition coefficient (Wildman–Crippen LogP) is 3.17. The van der Waals surface area contributed by atoms with Crippen LogP contribution in [0.5, 0.6) is 5.75 Å². The summed E-state index contributed by atoms with van der Waals surface area (Å²) in [6, 6.07) is 7.36. The zero-order chi connectivity index (χ0) is 13.1. The molecule has 0 aliphatic rings. The first-order chi connectivity index (χ1) is 8.58. The molecule has 0 spiro atoms. The zero-order valence-electron chi connectivity index (χ0n) is 10.3. The van der Waals surface area contributed by atoms with Crippen molar-refractivity contribution in [2.75, 3.05) is 0 Å². The summed E-state index contributed by atoms with van der Waals surface area (Å²) in [5.41, 5.74) is 2.22. The van der Waals surface area contributed by atoms with E-state index in [1.54, 1.807) is 0 Å². The molecule has 0 radical (unpaired) electrons. The summed E-state index contributed by atoms with van der Waals surface area (Å²) >= 11 is 0. The summed E-state index contributed by atoms with van der Waals surface area (Å²) in [5, 5.41) is 8.77. The quantitative estimate of drug-likeness (QED) is 0.900. The predicted molar refractivity (Wildman–Crippen MR) is 65.9 cm³/mol. The Labute approximate surface area is 105 Å². The van der Waals surface area contributed by atoms with Crippen molar-refractivity contribution in [3.8, 4) is 5.75 Å². The van der Waals surface area contributed by atoms with Gasteiger partial charge >= 0.3 is 5.97 Å². The molecule has 1 aromatic carbocycles. The molecule has 1 heterocycles. The van der Waals surface area contributed by atoms with Crippen molar-refractivity contribution < 1.29 is 19.1 Å². The van der Waals surface area contributed by atoms with Crippen LogP contribution in [0.15, 0.2) is 34.9 Å². The summed E-state index contributed by atoms with van der Waals surface area (Å²) in [5.74, 6) is 0.304. The Balaban J connectivity index is 2.09. The molecule has 0 bridgehead atoms. The molecule has 2 aromatic rings. The van der Waals surface area contributed by atoms with Gasteiger partial charge in [-0.25, -0.2) is 4.79 Å². The SMILES string of the molecule is Cc1cccc(C)c1OCc1cc(C(=O)O)co1. The summed E-state index contributed by atoms with van der Waals surface area (Å²) in [4.78, 5) is 10.7. The Hall–Kier alpha value is -2.23. The lowest BCUT2D eigenvalue weighted by Gasteiger charge is -2.10. The third kappa shape index (κ3) is 2.53. The Bertz CT molecular complexity index is 549. The first-order valence-corrected chi connectivity index (χ1v) is 5.57. The lowest BCUT2D eigenvalue weighted by atomic mass is 10.1. The third-order valence-electron chi connectivity index (χ3n) is 2.67. The molecule has 0 atom stereocenters. The molecule has 4 heteroatoms. The monoisotopic (exact) mass is 246 g/mol. The molecule has 0 aliphatic heterocycles. The number of aryl methyl sites for hydroxylation is 2. The largest absolute Gasteiger partial charge is 0.485 e. The van der Waals surface area contributed by atoms with Crippen LogP contribution in [0.4, 0.5) is 0 Å². The van der Waals surface area contributed by atoms with E-state index >= 15 is 0 Å². The fourth-order valence-electron chi connectivity index (χ4n) is 1.74. The van der Waals surface area contributed by atoms with Crippen LogP contribution in [0.1, 0.15) is 27.2 Å². The molecule has 0 saturated carbocycles. The first kappa shape index (κ1) is 12.2. The van der Waals surface area contributed by atoms with E-state index in [1.165, 1.54) is 12.3 Å². The minimum Gasteiger partial charge on any atom is -0.485 e. The van der Waals surface area contributed by atoms with Gasteiger partial charge in [-0.05, 0) is 31.0 Å². The Morgan fingerprint density at radius 3 is 2.56 bits per heavy atom. The lowest BCUT2D eigenvalue weighted by Crippen LogP contribution is -1.98. The molecule has 94 valence electrons. The lowest BCUT2D eigenvalue weighted by molar-refractivity contribution is 0.0696. The molecule has 1 aromatic heterocycles. The number of hydrogen-bond donors (Lipinski definition) is 1. The van der Waals surface area contributed by atoms with Crippen molar-refractivity contribution in [2.45, 2.75) is 20.5 Å². The van der Waals surface area contributed by atoms with Gasteiger partial charge < -0.3 is 14.3 Å². The van der Waals surface area contributed by atoms with E-state index in [9.17, 15) is 4.79 Å². The number of carboxylic acids is 1. The summed E-state index contributed by atoms with van der Waals surface area (Å²) in [6.07, 6.45) is 1.21. The van der Waals surface area contributed by atoms with E-state index in [4.69, 9.17) is 14.3 Å². The number of furan rings is 1. The van der Waals surface area contributed by atoms with Crippen LogP contribution in [0.2, 0.25) is 0 Å². The fraction of sp³-hybridized carbons (Fsp3) is 0.214. The van der Waals surface area contributed by atoms with Crippen molar-refractivity contribution in [3.05, 3.63) is 53.0 Å². The molecule has 4 nitrogen and oxygen atoms in total. The van der Waals surface area contributed by atoms with Crippen LogP contribution in [0, 0.1) is 13.8 Å². The molecule has 0 aliphatic carbocycles. The van der Waals surface area contributed by atoms with Crippen molar-refractivity contribution in [2.24, 2.45) is 0 Å². The van der Waals surface area contributed by atoms with E-state index in [0.29, 0.717) is 5.76 Å². The van der Waals surface area contributed by atoms with Crippen molar-refractivity contribution >= 4 is 5.97 Å². The maximum absolute atomic E-state index is 10.7. The summed E-state index contributed by atoms with van der Waals surface area (Å²) < 4.78 is 10.8. The minimum absolute atomic E-state index is 0.134. The molecular weight excluding hydrogens is 232 g/mol. The molecule has 2 rings (SSSR count). The van der Waals surface area contributed by atoms with Gasteiger partial charge in [-0.15, -0.1) is 0 Å². The van der Waals surface area contributed by atoms with E-state index in [-0.39, 0.29) is 12.2 Å².